The molecule has 4 heteroatoms. The first-order valence-corrected chi connectivity index (χ1v) is 9.52. The number of hydrogen-bond donors (Lipinski definition) is 1. The second-order valence-corrected chi connectivity index (χ2v) is 6.29. The topological polar surface area (TPSA) is 33.7 Å². The van der Waals surface area contributed by atoms with E-state index >= 15 is 0 Å². The van der Waals surface area contributed by atoms with E-state index in [9.17, 15) is 0 Å². The van der Waals surface area contributed by atoms with Crippen molar-refractivity contribution in [1.82, 2.24) is 10.2 Å². The molecule has 0 aromatic rings. The average Bonchev–Trinajstić information content (AvgIpc) is 2.56. The van der Waals surface area contributed by atoms with Crippen LogP contribution in [-0.4, -0.2) is 64.1 Å². The Bertz CT molecular complexity index is 221. The monoisotopic (exact) mass is 314 g/mol. The Morgan fingerprint density at radius 1 is 0.864 bits per heavy atom. The van der Waals surface area contributed by atoms with E-state index in [1.54, 1.807) is 0 Å². The molecule has 0 saturated carbocycles. The summed E-state index contributed by atoms with van der Waals surface area (Å²) in [4.78, 5) is 2.49. The highest BCUT2D eigenvalue weighted by molar-refractivity contribution is 4.62. The maximum atomic E-state index is 5.68. The Morgan fingerprint density at radius 3 is 2.36 bits per heavy atom. The van der Waals surface area contributed by atoms with Crippen LogP contribution in [0.4, 0.5) is 0 Å². The first-order chi connectivity index (χ1) is 10.9. The predicted octanol–water partition coefficient (Wildman–Crippen LogP) is 3.07. The van der Waals surface area contributed by atoms with Gasteiger partial charge in [-0.1, -0.05) is 39.0 Å². The molecule has 0 amide bonds. The van der Waals surface area contributed by atoms with E-state index in [1.807, 2.05) is 0 Å². The lowest BCUT2D eigenvalue weighted by Gasteiger charge is -2.26. The molecule has 1 saturated heterocycles. The van der Waals surface area contributed by atoms with E-state index in [4.69, 9.17) is 9.47 Å². The Balaban J connectivity index is 1.68. The summed E-state index contributed by atoms with van der Waals surface area (Å²) in [6, 6.07) is 0. The molecule has 4 nitrogen and oxygen atoms in total. The van der Waals surface area contributed by atoms with Crippen LogP contribution >= 0.6 is 0 Å². The fourth-order valence-corrected chi connectivity index (χ4v) is 2.76. The van der Waals surface area contributed by atoms with Crippen molar-refractivity contribution < 1.29 is 9.47 Å². The van der Waals surface area contributed by atoms with E-state index in [0.29, 0.717) is 0 Å². The summed E-state index contributed by atoms with van der Waals surface area (Å²) in [5, 5.41) is 3.51. The van der Waals surface area contributed by atoms with Crippen LogP contribution in [0.5, 0.6) is 0 Å². The van der Waals surface area contributed by atoms with Crippen LogP contribution in [0.1, 0.15) is 58.3 Å². The molecule has 0 atom stereocenters. The molecule has 132 valence electrons. The van der Waals surface area contributed by atoms with Crippen LogP contribution in [0.15, 0.2) is 0 Å². The van der Waals surface area contributed by atoms with Gasteiger partial charge in [0.05, 0.1) is 13.2 Å². The molecule has 0 radical (unpaired) electrons. The van der Waals surface area contributed by atoms with Crippen molar-refractivity contribution in [3.05, 3.63) is 0 Å². The number of rotatable bonds is 15. The SMILES string of the molecule is CCCCCCCCOCCCNCCCN1CCOCC1. The third-order valence-corrected chi connectivity index (χ3v) is 4.22. The van der Waals surface area contributed by atoms with Crippen molar-refractivity contribution in [2.45, 2.75) is 58.3 Å². The second kappa shape index (κ2) is 15.7. The number of morpholine rings is 1. The fourth-order valence-electron chi connectivity index (χ4n) is 2.76. The van der Waals surface area contributed by atoms with Gasteiger partial charge in [-0.3, -0.25) is 4.90 Å². The van der Waals surface area contributed by atoms with Crippen molar-refractivity contribution in [2.24, 2.45) is 0 Å². The van der Waals surface area contributed by atoms with Gasteiger partial charge >= 0.3 is 0 Å². The maximum Gasteiger partial charge on any atom is 0.0594 e. The Kier molecular flexibility index (Phi) is 14.2. The molecule has 0 unspecified atom stereocenters. The van der Waals surface area contributed by atoms with Crippen LogP contribution in [0, 0.1) is 0 Å². The highest BCUT2D eigenvalue weighted by Gasteiger charge is 2.08. The summed E-state index contributed by atoms with van der Waals surface area (Å²) in [6.07, 6.45) is 10.4. The van der Waals surface area contributed by atoms with E-state index < -0.39 is 0 Å². The van der Waals surface area contributed by atoms with Gasteiger partial charge in [0.1, 0.15) is 0 Å². The lowest BCUT2D eigenvalue weighted by Crippen LogP contribution is -2.37. The van der Waals surface area contributed by atoms with Crippen LogP contribution in [-0.2, 0) is 9.47 Å². The normalized spacial score (nSPS) is 16.2. The standard InChI is InChI=1S/C18H38N2O2/c1-2-3-4-5-6-7-15-21-16-9-11-19-10-8-12-20-13-17-22-18-14-20/h19H,2-18H2,1H3. The fraction of sp³-hybridized carbons (Fsp3) is 1.00. The molecule has 1 fully saturated rings. The minimum absolute atomic E-state index is 0.906. The zero-order valence-electron chi connectivity index (χ0n) is 14.8. The third-order valence-electron chi connectivity index (χ3n) is 4.22. The van der Waals surface area contributed by atoms with Crippen molar-refractivity contribution in [2.75, 3.05) is 59.2 Å². The van der Waals surface area contributed by atoms with Gasteiger partial charge in [0, 0.05) is 26.3 Å². The van der Waals surface area contributed by atoms with Crippen molar-refractivity contribution >= 4 is 0 Å². The van der Waals surface area contributed by atoms with Crippen LogP contribution < -0.4 is 5.32 Å². The predicted molar refractivity (Wildman–Crippen MR) is 93.6 cm³/mol. The van der Waals surface area contributed by atoms with Gasteiger partial charge in [-0.25, -0.2) is 0 Å². The largest absolute Gasteiger partial charge is 0.381 e. The molecular weight excluding hydrogens is 276 g/mol. The molecule has 0 aliphatic carbocycles. The summed E-state index contributed by atoms with van der Waals surface area (Å²) < 4.78 is 11.0. The van der Waals surface area contributed by atoms with Crippen LogP contribution in [0.2, 0.25) is 0 Å². The van der Waals surface area contributed by atoms with Crippen LogP contribution in [0.25, 0.3) is 0 Å². The lowest BCUT2D eigenvalue weighted by atomic mass is 10.1. The van der Waals surface area contributed by atoms with Gasteiger partial charge in [-0.15, -0.1) is 0 Å². The highest BCUT2D eigenvalue weighted by atomic mass is 16.5. The number of nitrogens with one attached hydrogen (secondary N) is 1. The number of hydrogen-bond acceptors (Lipinski definition) is 4. The molecule has 1 aliphatic heterocycles. The first-order valence-electron chi connectivity index (χ1n) is 9.52. The van der Waals surface area contributed by atoms with Gasteiger partial charge in [0.15, 0.2) is 0 Å². The maximum absolute atomic E-state index is 5.68. The van der Waals surface area contributed by atoms with Gasteiger partial charge in [-0.05, 0) is 38.9 Å². The van der Waals surface area contributed by atoms with Crippen molar-refractivity contribution in [1.29, 1.82) is 0 Å². The Hall–Kier alpha value is -0.160. The molecule has 0 aromatic carbocycles. The average molecular weight is 315 g/mol. The van der Waals surface area contributed by atoms with Gasteiger partial charge in [-0.2, -0.15) is 0 Å². The summed E-state index contributed by atoms with van der Waals surface area (Å²) in [6.45, 7) is 11.5. The molecule has 22 heavy (non-hydrogen) atoms. The molecular formula is C18H38N2O2. The smallest absolute Gasteiger partial charge is 0.0594 e. The summed E-state index contributed by atoms with van der Waals surface area (Å²) >= 11 is 0. The molecule has 0 aromatic heterocycles. The van der Waals surface area contributed by atoms with Crippen LogP contribution in [0.3, 0.4) is 0 Å². The second-order valence-electron chi connectivity index (χ2n) is 6.29. The van der Waals surface area contributed by atoms with E-state index in [2.05, 4.69) is 17.1 Å². The molecule has 1 heterocycles. The zero-order valence-corrected chi connectivity index (χ0v) is 14.8. The molecule has 0 spiro atoms. The molecule has 0 bridgehead atoms. The van der Waals surface area contributed by atoms with Gasteiger partial charge < -0.3 is 14.8 Å². The van der Waals surface area contributed by atoms with E-state index in [1.165, 1.54) is 51.5 Å². The summed E-state index contributed by atoms with van der Waals surface area (Å²) in [7, 11) is 0. The minimum atomic E-state index is 0.906. The molecule has 1 aliphatic rings. The molecule has 1 N–H and O–H groups in total. The first kappa shape index (κ1) is 19.9. The van der Waals surface area contributed by atoms with Gasteiger partial charge in [0.25, 0.3) is 0 Å². The summed E-state index contributed by atoms with van der Waals surface area (Å²) in [5.74, 6) is 0. The Morgan fingerprint density at radius 2 is 1.55 bits per heavy atom. The quantitative estimate of drug-likeness (QED) is 0.471. The van der Waals surface area contributed by atoms with Crippen molar-refractivity contribution in [3.63, 3.8) is 0 Å². The number of nitrogens with zero attached hydrogens (tertiary/aromatic N) is 1. The molecule has 1 rings (SSSR count). The Labute approximate surface area is 137 Å². The zero-order chi connectivity index (χ0) is 15.7. The minimum Gasteiger partial charge on any atom is -0.381 e. The van der Waals surface area contributed by atoms with E-state index in [-0.39, 0.29) is 0 Å². The van der Waals surface area contributed by atoms with Gasteiger partial charge in [0.2, 0.25) is 0 Å². The number of ether oxygens (including phenoxy) is 2. The lowest BCUT2D eigenvalue weighted by molar-refractivity contribution is 0.0374. The highest BCUT2D eigenvalue weighted by Crippen LogP contribution is 2.04. The van der Waals surface area contributed by atoms with Crippen molar-refractivity contribution in [3.8, 4) is 0 Å². The third kappa shape index (κ3) is 12.4. The van der Waals surface area contributed by atoms with E-state index in [0.717, 1.165) is 59.0 Å². The number of unbranched alkanes of at least 4 members (excludes halogenated alkanes) is 5. The summed E-state index contributed by atoms with van der Waals surface area (Å²) in [5.41, 5.74) is 0.